The number of amides is 1. The van der Waals surface area contributed by atoms with Crippen molar-refractivity contribution in [1.29, 1.82) is 0 Å². The third kappa shape index (κ3) is 4.01. The molecule has 0 aliphatic heterocycles. The average Bonchev–Trinajstić information content (AvgIpc) is 2.23. The highest BCUT2D eigenvalue weighted by Gasteiger charge is 2.11. The molecule has 0 atom stereocenters. The normalized spacial score (nSPS) is 11.4. The van der Waals surface area contributed by atoms with Crippen LogP contribution in [0, 0.1) is 6.92 Å². The van der Waals surface area contributed by atoms with Gasteiger partial charge in [0.05, 0.1) is 12.1 Å². The molecule has 0 saturated carbocycles. The summed E-state index contributed by atoms with van der Waals surface area (Å²) in [5, 5.41) is 13.8. The highest BCUT2D eigenvalue weighted by atomic mass is 79.9. The van der Waals surface area contributed by atoms with Crippen molar-refractivity contribution in [2.24, 2.45) is 10.9 Å². The Bertz CT molecular complexity index is 452. The number of nitrogens with zero attached hydrogens (tertiary/aromatic N) is 1. The minimum absolute atomic E-state index is 0.137. The molecular weight excluding hydrogens is 354 g/mol. The van der Waals surface area contributed by atoms with Crippen molar-refractivity contribution >= 4 is 49.3 Å². The molecule has 4 N–H and O–H groups in total. The van der Waals surface area contributed by atoms with Crippen molar-refractivity contribution in [2.45, 2.75) is 13.3 Å². The third-order valence-electron chi connectivity index (χ3n) is 1.92. The van der Waals surface area contributed by atoms with Gasteiger partial charge in [-0.3, -0.25) is 4.79 Å². The number of hydrogen-bond acceptors (Lipinski definition) is 3. The number of rotatable bonds is 3. The molecule has 0 aliphatic carbocycles. The van der Waals surface area contributed by atoms with Crippen LogP contribution >= 0.6 is 31.9 Å². The van der Waals surface area contributed by atoms with E-state index in [2.05, 4.69) is 42.3 Å². The Morgan fingerprint density at radius 2 is 2.00 bits per heavy atom. The molecule has 92 valence electrons. The second-order valence-corrected chi connectivity index (χ2v) is 5.13. The number of amidine groups is 1. The summed E-state index contributed by atoms with van der Waals surface area (Å²) >= 11 is 6.71. The topological polar surface area (TPSA) is 87.7 Å². The molecule has 0 aromatic heterocycles. The van der Waals surface area contributed by atoms with Crippen LogP contribution in [0.4, 0.5) is 5.69 Å². The monoisotopic (exact) mass is 363 g/mol. The Labute approximate surface area is 115 Å². The van der Waals surface area contributed by atoms with Crippen molar-refractivity contribution in [3.05, 3.63) is 26.6 Å². The van der Waals surface area contributed by atoms with E-state index in [4.69, 9.17) is 10.9 Å². The smallest absolute Gasteiger partial charge is 0.232 e. The summed E-state index contributed by atoms with van der Waals surface area (Å²) in [6.45, 7) is 1.94. The maximum absolute atomic E-state index is 11.5. The number of nitrogens with one attached hydrogen (secondary N) is 1. The Hall–Kier alpha value is -1.08. The maximum Gasteiger partial charge on any atom is 0.232 e. The average molecular weight is 365 g/mol. The second-order valence-electron chi connectivity index (χ2n) is 3.42. The molecule has 0 spiro atoms. The molecule has 0 heterocycles. The third-order valence-corrected chi connectivity index (χ3v) is 3.17. The number of carbonyl (C=O) groups excluding carboxylic acids is 1. The number of benzene rings is 1. The number of anilines is 1. The standard InChI is InChI=1S/C10H11Br2N3O2/c1-5-2-6(11)10(7(12)3-5)14-9(16)4-8(13)15-17/h2-3,17H,4H2,1H3,(H2,13,15)(H,14,16). The Kier molecular flexibility index (Phi) is 4.95. The van der Waals surface area contributed by atoms with Crippen molar-refractivity contribution in [3.8, 4) is 0 Å². The minimum Gasteiger partial charge on any atom is -0.409 e. The molecule has 1 aromatic carbocycles. The minimum atomic E-state index is -0.356. The molecule has 1 amide bonds. The first-order chi connectivity index (χ1) is 7.93. The van der Waals surface area contributed by atoms with E-state index in [1.165, 1.54) is 0 Å². The first kappa shape index (κ1) is 14.0. The van der Waals surface area contributed by atoms with Gasteiger partial charge in [-0.05, 0) is 56.5 Å². The summed E-state index contributed by atoms with van der Waals surface area (Å²) in [6.07, 6.45) is -0.163. The van der Waals surface area contributed by atoms with Crippen LogP contribution in [0.15, 0.2) is 26.2 Å². The van der Waals surface area contributed by atoms with Crippen molar-refractivity contribution in [2.75, 3.05) is 5.32 Å². The fourth-order valence-electron chi connectivity index (χ4n) is 1.20. The SMILES string of the molecule is Cc1cc(Br)c(NC(=O)C/C(N)=N/O)c(Br)c1. The highest BCUT2D eigenvalue weighted by Crippen LogP contribution is 2.32. The van der Waals surface area contributed by atoms with Gasteiger partial charge < -0.3 is 16.3 Å². The quantitative estimate of drug-likeness (QED) is 0.333. The largest absolute Gasteiger partial charge is 0.409 e. The van der Waals surface area contributed by atoms with Crippen molar-refractivity contribution in [1.82, 2.24) is 0 Å². The molecule has 0 radical (unpaired) electrons. The van der Waals surface area contributed by atoms with Crippen LogP contribution < -0.4 is 11.1 Å². The lowest BCUT2D eigenvalue weighted by Gasteiger charge is -2.10. The molecule has 0 bridgehead atoms. The van der Waals surface area contributed by atoms with Crippen LogP contribution in [0.2, 0.25) is 0 Å². The van der Waals surface area contributed by atoms with Gasteiger partial charge in [-0.2, -0.15) is 0 Å². The van der Waals surface area contributed by atoms with Crippen molar-refractivity contribution in [3.63, 3.8) is 0 Å². The Morgan fingerprint density at radius 3 is 2.47 bits per heavy atom. The zero-order chi connectivity index (χ0) is 13.0. The zero-order valence-corrected chi connectivity index (χ0v) is 12.2. The lowest BCUT2D eigenvalue weighted by molar-refractivity contribution is -0.115. The van der Waals surface area contributed by atoms with Gasteiger partial charge in [-0.25, -0.2) is 0 Å². The number of halogens is 2. The van der Waals surface area contributed by atoms with E-state index in [1.807, 2.05) is 19.1 Å². The van der Waals surface area contributed by atoms with E-state index in [0.29, 0.717) is 5.69 Å². The van der Waals surface area contributed by atoms with Crippen LogP contribution in [0.25, 0.3) is 0 Å². The summed E-state index contributed by atoms with van der Waals surface area (Å²) in [7, 11) is 0. The number of hydrogen-bond donors (Lipinski definition) is 3. The van der Waals surface area contributed by atoms with Crippen LogP contribution in [-0.4, -0.2) is 17.0 Å². The van der Waals surface area contributed by atoms with E-state index in [1.54, 1.807) is 0 Å². The summed E-state index contributed by atoms with van der Waals surface area (Å²) in [6, 6.07) is 3.76. The van der Waals surface area contributed by atoms with Gasteiger partial charge in [0.1, 0.15) is 5.84 Å². The highest BCUT2D eigenvalue weighted by molar-refractivity contribution is 9.11. The zero-order valence-electron chi connectivity index (χ0n) is 9.00. The molecule has 5 nitrogen and oxygen atoms in total. The number of oxime groups is 1. The fraction of sp³-hybridized carbons (Fsp3) is 0.200. The Balaban J connectivity index is 2.85. The molecule has 0 fully saturated rings. The predicted octanol–water partition coefficient (Wildman–Crippen LogP) is 2.60. The van der Waals surface area contributed by atoms with Crippen LogP contribution in [0.1, 0.15) is 12.0 Å². The summed E-state index contributed by atoms with van der Waals surface area (Å²) in [5.41, 5.74) is 6.91. The van der Waals surface area contributed by atoms with E-state index < -0.39 is 0 Å². The van der Waals surface area contributed by atoms with E-state index in [0.717, 1.165) is 14.5 Å². The maximum atomic E-state index is 11.5. The van der Waals surface area contributed by atoms with Gasteiger partial charge in [0.25, 0.3) is 0 Å². The molecule has 0 unspecified atom stereocenters. The number of aryl methyl sites for hydroxylation is 1. The molecule has 1 aromatic rings. The number of carbonyl (C=O) groups is 1. The first-order valence-corrected chi connectivity index (χ1v) is 6.24. The molecule has 0 saturated heterocycles. The lowest BCUT2D eigenvalue weighted by Crippen LogP contribution is -2.22. The van der Waals surface area contributed by atoms with Crippen molar-refractivity contribution < 1.29 is 10.0 Å². The van der Waals surface area contributed by atoms with Crippen LogP contribution in [0.3, 0.4) is 0 Å². The van der Waals surface area contributed by atoms with Gasteiger partial charge in [-0.1, -0.05) is 5.16 Å². The van der Waals surface area contributed by atoms with Gasteiger partial charge in [0.2, 0.25) is 5.91 Å². The molecule has 17 heavy (non-hydrogen) atoms. The first-order valence-electron chi connectivity index (χ1n) is 4.66. The number of nitrogens with two attached hydrogens (primary N) is 1. The van der Waals surface area contributed by atoms with E-state index in [9.17, 15) is 4.79 Å². The molecule has 7 heteroatoms. The summed E-state index contributed by atoms with van der Waals surface area (Å²) in [5.74, 6) is -0.493. The van der Waals surface area contributed by atoms with Gasteiger partial charge in [-0.15, -0.1) is 0 Å². The van der Waals surface area contributed by atoms with Gasteiger partial charge in [0.15, 0.2) is 0 Å². The van der Waals surface area contributed by atoms with Crippen LogP contribution in [0.5, 0.6) is 0 Å². The van der Waals surface area contributed by atoms with E-state index >= 15 is 0 Å². The summed E-state index contributed by atoms with van der Waals surface area (Å²) < 4.78 is 1.52. The van der Waals surface area contributed by atoms with Gasteiger partial charge in [0, 0.05) is 8.95 Å². The molecular formula is C10H11Br2N3O2. The molecule has 1 rings (SSSR count). The fourth-order valence-corrected chi connectivity index (χ4v) is 2.82. The lowest BCUT2D eigenvalue weighted by atomic mass is 10.2. The summed E-state index contributed by atoms with van der Waals surface area (Å²) in [4.78, 5) is 11.5. The van der Waals surface area contributed by atoms with E-state index in [-0.39, 0.29) is 18.2 Å². The van der Waals surface area contributed by atoms with Gasteiger partial charge >= 0.3 is 0 Å². The predicted molar refractivity (Wildman–Crippen MR) is 73.2 cm³/mol. The second kappa shape index (κ2) is 6.02. The molecule has 0 aliphatic rings. The Morgan fingerprint density at radius 1 is 1.47 bits per heavy atom. The van der Waals surface area contributed by atoms with Crippen LogP contribution in [-0.2, 0) is 4.79 Å².